The normalized spacial score (nSPS) is 12.5. The van der Waals surface area contributed by atoms with Gasteiger partial charge < -0.3 is 5.73 Å². The Morgan fingerprint density at radius 2 is 2.00 bits per heavy atom. The first-order valence-corrected chi connectivity index (χ1v) is 3.60. The van der Waals surface area contributed by atoms with Gasteiger partial charge in [0.15, 0.2) is 0 Å². The van der Waals surface area contributed by atoms with E-state index in [-0.39, 0.29) is 5.82 Å². The van der Waals surface area contributed by atoms with Gasteiger partial charge in [0.2, 0.25) is 6.29 Å². The van der Waals surface area contributed by atoms with Crippen molar-refractivity contribution in [1.29, 1.82) is 0 Å². The third-order valence-corrected chi connectivity index (χ3v) is 1.52. The van der Waals surface area contributed by atoms with E-state index in [0.29, 0.717) is 6.42 Å². The van der Waals surface area contributed by atoms with E-state index in [1.54, 1.807) is 18.4 Å². The molecule has 2 nitrogen and oxygen atoms in total. The number of hydrogen-bond acceptors (Lipinski definition) is 2. The predicted octanol–water partition coefficient (Wildman–Crippen LogP) is 0.805. The topological polar surface area (TPSA) is 43.1 Å². The molecule has 1 radical (unpaired) electrons. The Morgan fingerprint density at radius 1 is 1.42 bits per heavy atom. The summed E-state index contributed by atoms with van der Waals surface area (Å²) in [6.45, 7) is 0. The van der Waals surface area contributed by atoms with Gasteiger partial charge in [0.25, 0.3) is 0 Å². The van der Waals surface area contributed by atoms with Crippen molar-refractivity contribution in [2.75, 3.05) is 0 Å². The van der Waals surface area contributed by atoms with Gasteiger partial charge in [-0.15, -0.1) is 0 Å². The highest BCUT2D eigenvalue weighted by atomic mass is 19.1. The number of nitrogens with two attached hydrogens (primary N) is 1. The lowest BCUT2D eigenvalue weighted by Crippen LogP contribution is -2.23. The summed E-state index contributed by atoms with van der Waals surface area (Å²) in [7, 11) is 0. The maximum absolute atomic E-state index is 12.4. The molecule has 1 aromatic rings. The van der Waals surface area contributed by atoms with Crippen molar-refractivity contribution in [2.24, 2.45) is 5.73 Å². The highest BCUT2D eigenvalue weighted by Crippen LogP contribution is 2.03. The first-order chi connectivity index (χ1) is 5.72. The fourth-order valence-electron chi connectivity index (χ4n) is 0.916. The fourth-order valence-corrected chi connectivity index (χ4v) is 0.916. The first kappa shape index (κ1) is 8.87. The van der Waals surface area contributed by atoms with Crippen LogP contribution in [0.5, 0.6) is 0 Å². The van der Waals surface area contributed by atoms with E-state index in [0.717, 1.165) is 5.56 Å². The molecule has 0 spiro atoms. The van der Waals surface area contributed by atoms with Gasteiger partial charge >= 0.3 is 0 Å². The van der Waals surface area contributed by atoms with Crippen LogP contribution in [0.25, 0.3) is 0 Å². The van der Waals surface area contributed by atoms with Crippen LogP contribution in [-0.4, -0.2) is 12.3 Å². The van der Waals surface area contributed by atoms with Crippen LogP contribution < -0.4 is 5.73 Å². The zero-order chi connectivity index (χ0) is 8.97. The Kier molecular flexibility index (Phi) is 2.94. The summed E-state index contributed by atoms with van der Waals surface area (Å²) >= 11 is 0. The van der Waals surface area contributed by atoms with Gasteiger partial charge in [-0.1, -0.05) is 12.1 Å². The van der Waals surface area contributed by atoms with Crippen molar-refractivity contribution in [3.05, 3.63) is 35.6 Å². The molecule has 63 valence electrons. The second-order valence-corrected chi connectivity index (χ2v) is 2.55. The van der Waals surface area contributed by atoms with E-state index in [9.17, 15) is 9.18 Å². The maximum atomic E-state index is 12.4. The molecule has 3 heteroatoms. The van der Waals surface area contributed by atoms with E-state index < -0.39 is 6.04 Å². The van der Waals surface area contributed by atoms with E-state index >= 15 is 0 Å². The van der Waals surface area contributed by atoms with Crippen LogP contribution >= 0.6 is 0 Å². The average Bonchev–Trinajstić information content (AvgIpc) is 2.09. The summed E-state index contributed by atoms with van der Waals surface area (Å²) in [4.78, 5) is 10.1. The van der Waals surface area contributed by atoms with Gasteiger partial charge in [0, 0.05) is 0 Å². The summed E-state index contributed by atoms with van der Waals surface area (Å²) in [6.07, 6.45) is 2.07. The molecule has 0 aliphatic rings. The molecule has 1 aromatic carbocycles. The number of carbonyl (C=O) groups excluding carboxylic acids is 1. The van der Waals surface area contributed by atoms with Crippen LogP contribution in [-0.2, 0) is 11.2 Å². The number of hydrogen-bond donors (Lipinski definition) is 1. The Morgan fingerprint density at radius 3 is 2.50 bits per heavy atom. The monoisotopic (exact) mass is 166 g/mol. The molecule has 0 aliphatic heterocycles. The molecule has 12 heavy (non-hydrogen) atoms. The first-order valence-electron chi connectivity index (χ1n) is 3.60. The van der Waals surface area contributed by atoms with Crippen molar-refractivity contribution in [1.82, 2.24) is 0 Å². The third kappa shape index (κ3) is 2.43. The quantitative estimate of drug-likeness (QED) is 0.721. The van der Waals surface area contributed by atoms with Crippen molar-refractivity contribution in [2.45, 2.75) is 12.5 Å². The van der Waals surface area contributed by atoms with E-state index in [1.807, 2.05) is 0 Å². The largest absolute Gasteiger partial charge is 0.321 e. The lowest BCUT2D eigenvalue weighted by Gasteiger charge is -2.01. The van der Waals surface area contributed by atoms with Crippen LogP contribution in [0.4, 0.5) is 4.39 Å². The minimum Gasteiger partial charge on any atom is -0.321 e. The lowest BCUT2D eigenvalue weighted by molar-refractivity contribution is 0.540. The molecule has 0 unspecified atom stereocenters. The Hall–Kier alpha value is -1.22. The molecule has 2 N–H and O–H groups in total. The molecule has 0 saturated carbocycles. The SMILES string of the molecule is N[C@@H]([C]=O)Cc1ccc(F)cc1. The van der Waals surface area contributed by atoms with E-state index in [2.05, 4.69) is 0 Å². The summed E-state index contributed by atoms with van der Waals surface area (Å²) < 4.78 is 12.4. The Labute approximate surface area is 70.2 Å². The van der Waals surface area contributed by atoms with Gasteiger partial charge in [0.1, 0.15) is 5.82 Å². The maximum Gasteiger partial charge on any atom is 0.217 e. The number of halogens is 1. The highest BCUT2D eigenvalue weighted by molar-refractivity contribution is 5.58. The Bertz CT molecular complexity index is 258. The molecule has 1 atom stereocenters. The lowest BCUT2D eigenvalue weighted by atomic mass is 10.1. The highest BCUT2D eigenvalue weighted by Gasteiger charge is 2.02. The van der Waals surface area contributed by atoms with Crippen LogP contribution in [0.2, 0.25) is 0 Å². The van der Waals surface area contributed by atoms with Crippen molar-refractivity contribution < 1.29 is 9.18 Å². The minimum absolute atomic E-state index is 0.289. The van der Waals surface area contributed by atoms with E-state index in [4.69, 9.17) is 5.73 Å². The molecule has 0 bridgehead atoms. The van der Waals surface area contributed by atoms with Gasteiger partial charge in [-0.25, -0.2) is 4.39 Å². The van der Waals surface area contributed by atoms with Gasteiger partial charge in [-0.3, -0.25) is 4.79 Å². The molecule has 0 aromatic heterocycles. The average molecular weight is 166 g/mol. The molecular formula is C9H9FNO. The molecule has 0 fully saturated rings. The zero-order valence-electron chi connectivity index (χ0n) is 6.46. The third-order valence-electron chi connectivity index (χ3n) is 1.52. The molecule has 0 saturated heterocycles. The van der Waals surface area contributed by atoms with Crippen LogP contribution in [0, 0.1) is 5.82 Å². The summed E-state index contributed by atoms with van der Waals surface area (Å²) in [5, 5.41) is 0. The summed E-state index contributed by atoms with van der Waals surface area (Å²) in [5.41, 5.74) is 6.17. The standard InChI is InChI=1S/C9H9FNO/c10-8-3-1-7(2-4-8)5-9(11)6-12/h1-4,9H,5,11H2/t9-/m1/s1. The number of benzene rings is 1. The van der Waals surface area contributed by atoms with Crippen LogP contribution in [0.3, 0.4) is 0 Å². The van der Waals surface area contributed by atoms with Gasteiger partial charge in [-0.2, -0.15) is 0 Å². The van der Waals surface area contributed by atoms with Crippen LogP contribution in [0.15, 0.2) is 24.3 Å². The van der Waals surface area contributed by atoms with Crippen molar-refractivity contribution in [3.8, 4) is 0 Å². The number of rotatable bonds is 3. The molecular weight excluding hydrogens is 157 g/mol. The van der Waals surface area contributed by atoms with Crippen LogP contribution in [0.1, 0.15) is 5.56 Å². The Balaban J connectivity index is 2.64. The zero-order valence-corrected chi connectivity index (χ0v) is 6.46. The predicted molar refractivity (Wildman–Crippen MR) is 43.8 cm³/mol. The van der Waals surface area contributed by atoms with Crippen molar-refractivity contribution in [3.63, 3.8) is 0 Å². The molecule has 1 rings (SSSR count). The smallest absolute Gasteiger partial charge is 0.217 e. The van der Waals surface area contributed by atoms with E-state index in [1.165, 1.54) is 12.1 Å². The second-order valence-electron chi connectivity index (χ2n) is 2.55. The van der Waals surface area contributed by atoms with Gasteiger partial charge in [-0.05, 0) is 24.1 Å². The molecule has 0 heterocycles. The molecule has 0 amide bonds. The second kappa shape index (κ2) is 3.97. The van der Waals surface area contributed by atoms with Gasteiger partial charge in [0.05, 0.1) is 6.04 Å². The summed E-state index contributed by atoms with van der Waals surface area (Å²) in [5.74, 6) is -0.289. The fraction of sp³-hybridized carbons (Fsp3) is 0.222. The minimum atomic E-state index is -0.615. The molecule has 0 aliphatic carbocycles. The van der Waals surface area contributed by atoms with Crippen molar-refractivity contribution >= 4 is 6.29 Å². The summed E-state index contributed by atoms with van der Waals surface area (Å²) in [6, 6.07) is 5.27.